The van der Waals surface area contributed by atoms with Gasteiger partial charge < -0.3 is 14.6 Å². The first-order chi connectivity index (χ1) is 11.8. The minimum absolute atomic E-state index is 0.0612. The Hall–Kier alpha value is -1.65. The zero-order valence-corrected chi connectivity index (χ0v) is 14.7. The van der Waals surface area contributed by atoms with Gasteiger partial charge in [0.1, 0.15) is 11.8 Å². The van der Waals surface area contributed by atoms with Crippen molar-refractivity contribution in [3.63, 3.8) is 0 Å². The molecule has 0 saturated heterocycles. The van der Waals surface area contributed by atoms with Gasteiger partial charge in [-0.3, -0.25) is 0 Å². The molecule has 1 heterocycles. The number of rotatable bonds is 8. The van der Waals surface area contributed by atoms with Crippen LogP contribution in [-0.4, -0.2) is 24.9 Å². The number of aromatic nitrogens is 1. The SMILES string of the molecule is CCC(CNC1CCCC1)C(OC)c1cc(-c2ccccc2)no1. The number of hydrogen-bond acceptors (Lipinski definition) is 4. The molecule has 0 radical (unpaired) electrons. The molecule has 4 heteroatoms. The molecule has 1 aromatic carbocycles. The second-order valence-electron chi connectivity index (χ2n) is 6.69. The van der Waals surface area contributed by atoms with Gasteiger partial charge in [-0.1, -0.05) is 55.3 Å². The molecule has 3 rings (SSSR count). The molecule has 1 N–H and O–H groups in total. The Balaban J connectivity index is 1.68. The number of ether oxygens (including phenoxy) is 1. The Labute approximate surface area is 144 Å². The van der Waals surface area contributed by atoms with Crippen LogP contribution in [0.15, 0.2) is 40.9 Å². The van der Waals surface area contributed by atoms with Crippen LogP contribution >= 0.6 is 0 Å². The molecule has 1 aliphatic carbocycles. The quantitative estimate of drug-likeness (QED) is 0.770. The molecule has 0 amide bonds. The summed E-state index contributed by atoms with van der Waals surface area (Å²) in [5, 5.41) is 7.95. The highest BCUT2D eigenvalue weighted by molar-refractivity contribution is 5.58. The third-order valence-corrected chi connectivity index (χ3v) is 5.11. The van der Waals surface area contributed by atoms with E-state index in [0.717, 1.165) is 30.0 Å². The molecule has 4 nitrogen and oxygen atoms in total. The van der Waals surface area contributed by atoms with E-state index >= 15 is 0 Å². The highest BCUT2D eigenvalue weighted by Gasteiger charge is 2.27. The molecule has 2 atom stereocenters. The number of nitrogens with zero attached hydrogens (tertiary/aromatic N) is 1. The second-order valence-corrected chi connectivity index (χ2v) is 6.69. The van der Waals surface area contributed by atoms with E-state index in [0.29, 0.717) is 12.0 Å². The fourth-order valence-electron chi connectivity index (χ4n) is 3.62. The van der Waals surface area contributed by atoms with Crippen LogP contribution in [0.4, 0.5) is 0 Å². The van der Waals surface area contributed by atoms with Gasteiger partial charge in [-0.25, -0.2) is 0 Å². The maximum atomic E-state index is 5.78. The topological polar surface area (TPSA) is 47.3 Å². The number of nitrogens with one attached hydrogen (secondary N) is 1. The summed E-state index contributed by atoms with van der Waals surface area (Å²) in [7, 11) is 1.76. The van der Waals surface area contributed by atoms with Crippen LogP contribution in [0.25, 0.3) is 11.3 Å². The maximum absolute atomic E-state index is 5.78. The van der Waals surface area contributed by atoms with Crippen molar-refractivity contribution in [1.82, 2.24) is 10.5 Å². The summed E-state index contributed by atoms with van der Waals surface area (Å²) in [6.07, 6.45) is 6.28. The van der Waals surface area contributed by atoms with Gasteiger partial charge in [0.15, 0.2) is 5.76 Å². The van der Waals surface area contributed by atoms with Crippen molar-refractivity contribution >= 4 is 0 Å². The van der Waals surface area contributed by atoms with Gasteiger partial charge in [-0.2, -0.15) is 0 Å². The summed E-state index contributed by atoms with van der Waals surface area (Å²) in [5.74, 6) is 1.20. The minimum atomic E-state index is -0.0612. The molecular formula is C20H28N2O2. The third kappa shape index (κ3) is 4.05. The highest BCUT2D eigenvalue weighted by atomic mass is 16.5. The number of methoxy groups -OCH3 is 1. The summed E-state index contributed by atoms with van der Waals surface area (Å²) in [6.45, 7) is 3.17. The molecule has 1 aliphatic rings. The van der Waals surface area contributed by atoms with Crippen molar-refractivity contribution in [2.75, 3.05) is 13.7 Å². The fourth-order valence-corrected chi connectivity index (χ4v) is 3.62. The molecule has 2 unspecified atom stereocenters. The first kappa shape index (κ1) is 17.2. The van der Waals surface area contributed by atoms with Gasteiger partial charge in [-0.05, 0) is 19.3 Å². The maximum Gasteiger partial charge on any atom is 0.166 e. The second kappa shape index (κ2) is 8.45. The Bertz CT molecular complexity index is 605. The van der Waals surface area contributed by atoms with Crippen molar-refractivity contribution in [3.05, 3.63) is 42.2 Å². The van der Waals surface area contributed by atoms with Gasteiger partial charge in [0.25, 0.3) is 0 Å². The lowest BCUT2D eigenvalue weighted by Crippen LogP contribution is -2.33. The van der Waals surface area contributed by atoms with Crippen LogP contribution < -0.4 is 5.32 Å². The van der Waals surface area contributed by atoms with Crippen molar-refractivity contribution in [3.8, 4) is 11.3 Å². The molecule has 24 heavy (non-hydrogen) atoms. The van der Waals surface area contributed by atoms with Crippen LogP contribution in [0.3, 0.4) is 0 Å². The van der Waals surface area contributed by atoms with E-state index in [2.05, 4.69) is 17.4 Å². The van der Waals surface area contributed by atoms with Crippen LogP contribution in [0, 0.1) is 5.92 Å². The van der Waals surface area contributed by atoms with Gasteiger partial charge in [0, 0.05) is 37.2 Å². The van der Waals surface area contributed by atoms with Gasteiger partial charge >= 0.3 is 0 Å². The smallest absolute Gasteiger partial charge is 0.166 e. The van der Waals surface area contributed by atoms with E-state index in [4.69, 9.17) is 9.26 Å². The van der Waals surface area contributed by atoms with Crippen LogP contribution in [0.5, 0.6) is 0 Å². The first-order valence-electron chi connectivity index (χ1n) is 9.10. The van der Waals surface area contributed by atoms with Gasteiger partial charge in [0.05, 0.1) is 0 Å². The van der Waals surface area contributed by atoms with Crippen molar-refractivity contribution < 1.29 is 9.26 Å². The normalized spacial score (nSPS) is 17.9. The Morgan fingerprint density at radius 3 is 2.67 bits per heavy atom. The van der Waals surface area contributed by atoms with E-state index < -0.39 is 0 Å². The fraction of sp³-hybridized carbons (Fsp3) is 0.550. The van der Waals surface area contributed by atoms with Gasteiger partial charge in [0.2, 0.25) is 0 Å². The summed E-state index contributed by atoms with van der Waals surface area (Å²) in [6, 6.07) is 12.8. The van der Waals surface area contributed by atoms with E-state index in [9.17, 15) is 0 Å². The lowest BCUT2D eigenvalue weighted by Gasteiger charge is -2.25. The molecule has 1 fully saturated rings. The number of hydrogen-bond donors (Lipinski definition) is 1. The molecule has 130 valence electrons. The molecular weight excluding hydrogens is 300 g/mol. The summed E-state index contributed by atoms with van der Waals surface area (Å²) < 4.78 is 11.4. The van der Waals surface area contributed by atoms with Crippen LogP contribution in [0.1, 0.15) is 50.9 Å². The highest BCUT2D eigenvalue weighted by Crippen LogP contribution is 2.31. The Morgan fingerprint density at radius 2 is 2.00 bits per heavy atom. The average Bonchev–Trinajstić information content (AvgIpc) is 3.31. The average molecular weight is 328 g/mol. The van der Waals surface area contributed by atoms with Gasteiger partial charge in [-0.15, -0.1) is 0 Å². The largest absolute Gasteiger partial charge is 0.373 e. The summed E-state index contributed by atoms with van der Waals surface area (Å²) in [5.41, 5.74) is 1.94. The standard InChI is InChI=1S/C20H28N2O2/c1-3-15(14-21-17-11-7-8-12-17)20(23-2)19-13-18(22-24-19)16-9-5-4-6-10-16/h4-6,9-10,13,15,17,20-21H,3,7-8,11-12,14H2,1-2H3. The van der Waals surface area contributed by atoms with E-state index in [-0.39, 0.29) is 6.10 Å². The Kier molecular flexibility index (Phi) is 6.05. The molecule has 0 aliphatic heterocycles. The minimum Gasteiger partial charge on any atom is -0.373 e. The zero-order valence-electron chi connectivity index (χ0n) is 14.7. The lowest BCUT2D eigenvalue weighted by molar-refractivity contribution is 0.0272. The lowest BCUT2D eigenvalue weighted by atomic mass is 9.96. The predicted octanol–water partition coefficient (Wildman–Crippen LogP) is 4.59. The molecule has 1 saturated carbocycles. The zero-order chi connectivity index (χ0) is 16.8. The molecule has 2 aromatic rings. The van der Waals surface area contributed by atoms with Crippen LogP contribution in [0.2, 0.25) is 0 Å². The third-order valence-electron chi connectivity index (χ3n) is 5.11. The monoisotopic (exact) mass is 328 g/mol. The van der Waals surface area contributed by atoms with E-state index in [1.807, 2.05) is 36.4 Å². The van der Waals surface area contributed by atoms with Crippen molar-refractivity contribution in [1.29, 1.82) is 0 Å². The number of benzene rings is 1. The van der Waals surface area contributed by atoms with E-state index in [1.165, 1.54) is 25.7 Å². The molecule has 0 bridgehead atoms. The predicted molar refractivity (Wildman–Crippen MR) is 95.7 cm³/mol. The first-order valence-corrected chi connectivity index (χ1v) is 9.10. The summed E-state index contributed by atoms with van der Waals surface area (Å²) >= 11 is 0. The van der Waals surface area contributed by atoms with Crippen molar-refractivity contribution in [2.45, 2.75) is 51.2 Å². The molecule has 1 aromatic heterocycles. The van der Waals surface area contributed by atoms with E-state index in [1.54, 1.807) is 7.11 Å². The molecule has 0 spiro atoms. The Morgan fingerprint density at radius 1 is 1.25 bits per heavy atom. The summed E-state index contributed by atoms with van der Waals surface area (Å²) in [4.78, 5) is 0. The van der Waals surface area contributed by atoms with Crippen molar-refractivity contribution in [2.24, 2.45) is 5.92 Å². The van der Waals surface area contributed by atoms with Crippen LogP contribution in [-0.2, 0) is 4.74 Å².